The first kappa shape index (κ1) is 16.0. The molecule has 0 fully saturated rings. The maximum Gasteiger partial charge on any atom is 0.235 e. The third kappa shape index (κ3) is 3.75. The van der Waals surface area contributed by atoms with E-state index in [1.807, 2.05) is 54.6 Å². The SMILES string of the molecule is Nc1ccc(OC2=NO[C@H](c3ccc(Oc4ccccc4)cc3)C2)cn1. The Morgan fingerprint density at radius 3 is 2.31 bits per heavy atom. The van der Waals surface area contributed by atoms with Crippen molar-refractivity contribution >= 4 is 11.7 Å². The molecule has 1 aliphatic rings. The van der Waals surface area contributed by atoms with E-state index in [2.05, 4.69) is 10.1 Å². The molecule has 3 aromatic rings. The number of hydrogen-bond donors (Lipinski definition) is 1. The minimum absolute atomic E-state index is 0.183. The quantitative estimate of drug-likeness (QED) is 0.761. The second kappa shape index (κ2) is 7.14. The van der Waals surface area contributed by atoms with E-state index in [4.69, 9.17) is 20.0 Å². The van der Waals surface area contributed by atoms with Crippen molar-refractivity contribution in [1.82, 2.24) is 4.98 Å². The maximum absolute atomic E-state index is 5.79. The lowest BCUT2D eigenvalue weighted by molar-refractivity contribution is 0.0855. The zero-order valence-corrected chi connectivity index (χ0v) is 13.9. The van der Waals surface area contributed by atoms with Crippen LogP contribution in [0.15, 0.2) is 78.1 Å². The summed E-state index contributed by atoms with van der Waals surface area (Å²) in [4.78, 5) is 9.47. The lowest BCUT2D eigenvalue weighted by Crippen LogP contribution is -2.07. The minimum atomic E-state index is -0.183. The Balaban J connectivity index is 1.36. The molecule has 0 saturated carbocycles. The van der Waals surface area contributed by atoms with E-state index in [9.17, 15) is 0 Å². The molecule has 0 spiro atoms. The number of benzene rings is 2. The third-order valence-corrected chi connectivity index (χ3v) is 3.87. The number of para-hydroxylation sites is 1. The fourth-order valence-electron chi connectivity index (χ4n) is 2.56. The molecule has 1 aliphatic heterocycles. The molecule has 1 aromatic heterocycles. The Bertz CT molecular complexity index is 894. The van der Waals surface area contributed by atoms with Gasteiger partial charge in [-0.2, -0.15) is 0 Å². The summed E-state index contributed by atoms with van der Waals surface area (Å²) in [6, 6.07) is 20.8. The van der Waals surface area contributed by atoms with Crippen molar-refractivity contribution in [1.29, 1.82) is 0 Å². The molecule has 2 aromatic carbocycles. The number of oxime groups is 1. The number of hydrogen-bond acceptors (Lipinski definition) is 6. The molecule has 4 rings (SSSR count). The summed E-state index contributed by atoms with van der Waals surface area (Å²) in [5, 5.41) is 4.01. The second-order valence-corrected chi connectivity index (χ2v) is 5.79. The number of ether oxygens (including phenoxy) is 2. The lowest BCUT2D eigenvalue weighted by Gasteiger charge is -2.10. The predicted molar refractivity (Wildman–Crippen MR) is 98.1 cm³/mol. The van der Waals surface area contributed by atoms with E-state index < -0.39 is 0 Å². The predicted octanol–water partition coefficient (Wildman–Crippen LogP) is 4.31. The average molecular weight is 347 g/mol. The number of anilines is 1. The van der Waals surface area contributed by atoms with Gasteiger partial charge in [-0.15, -0.1) is 0 Å². The molecule has 130 valence electrons. The summed E-state index contributed by atoms with van der Waals surface area (Å²) < 4.78 is 11.5. The summed E-state index contributed by atoms with van der Waals surface area (Å²) in [5.41, 5.74) is 6.56. The molecule has 6 nitrogen and oxygen atoms in total. The number of nitrogen functional groups attached to an aromatic ring is 1. The van der Waals surface area contributed by atoms with Gasteiger partial charge in [0.1, 0.15) is 23.1 Å². The number of pyridine rings is 1. The Kier molecular flexibility index (Phi) is 4.38. The van der Waals surface area contributed by atoms with Crippen LogP contribution in [0.4, 0.5) is 5.82 Å². The van der Waals surface area contributed by atoms with Gasteiger partial charge in [-0.25, -0.2) is 4.98 Å². The normalized spacial score (nSPS) is 15.8. The molecule has 2 heterocycles. The van der Waals surface area contributed by atoms with Gasteiger partial charge in [0.05, 0.1) is 12.6 Å². The summed E-state index contributed by atoms with van der Waals surface area (Å²) >= 11 is 0. The third-order valence-electron chi connectivity index (χ3n) is 3.87. The van der Waals surface area contributed by atoms with Crippen LogP contribution in [0.3, 0.4) is 0 Å². The lowest BCUT2D eigenvalue weighted by atomic mass is 10.1. The maximum atomic E-state index is 5.79. The smallest absolute Gasteiger partial charge is 0.235 e. The first-order valence-corrected chi connectivity index (χ1v) is 8.21. The van der Waals surface area contributed by atoms with E-state index >= 15 is 0 Å². The van der Waals surface area contributed by atoms with Crippen LogP contribution in [-0.2, 0) is 4.84 Å². The molecule has 0 unspecified atom stereocenters. The van der Waals surface area contributed by atoms with Crippen LogP contribution in [0.1, 0.15) is 18.1 Å². The van der Waals surface area contributed by atoms with E-state index in [0.717, 1.165) is 17.1 Å². The second-order valence-electron chi connectivity index (χ2n) is 5.79. The fourth-order valence-corrected chi connectivity index (χ4v) is 2.56. The van der Waals surface area contributed by atoms with Crippen LogP contribution in [-0.4, -0.2) is 10.9 Å². The van der Waals surface area contributed by atoms with Gasteiger partial charge in [-0.1, -0.05) is 35.5 Å². The van der Waals surface area contributed by atoms with Crippen LogP contribution in [0.25, 0.3) is 0 Å². The summed E-state index contributed by atoms with van der Waals surface area (Å²) in [6.45, 7) is 0. The first-order valence-electron chi connectivity index (χ1n) is 8.21. The molecule has 0 aliphatic carbocycles. The number of nitrogens with two attached hydrogens (primary N) is 1. The van der Waals surface area contributed by atoms with E-state index in [0.29, 0.717) is 23.9 Å². The Labute approximate surface area is 150 Å². The van der Waals surface area contributed by atoms with Gasteiger partial charge >= 0.3 is 0 Å². The Morgan fingerprint density at radius 1 is 0.846 bits per heavy atom. The molecule has 0 amide bonds. The monoisotopic (exact) mass is 347 g/mol. The molecular formula is C20H17N3O3. The molecule has 0 saturated heterocycles. The van der Waals surface area contributed by atoms with Crippen LogP contribution in [0.2, 0.25) is 0 Å². The number of aromatic nitrogens is 1. The highest BCUT2D eigenvalue weighted by atomic mass is 16.7. The van der Waals surface area contributed by atoms with Crippen molar-refractivity contribution in [3.05, 3.63) is 78.5 Å². The molecular weight excluding hydrogens is 330 g/mol. The van der Waals surface area contributed by atoms with E-state index in [1.165, 1.54) is 0 Å². The van der Waals surface area contributed by atoms with Crippen LogP contribution in [0.5, 0.6) is 17.2 Å². The van der Waals surface area contributed by atoms with Gasteiger partial charge in [0, 0.05) is 0 Å². The zero-order chi connectivity index (χ0) is 17.8. The van der Waals surface area contributed by atoms with Crippen LogP contribution < -0.4 is 15.2 Å². The van der Waals surface area contributed by atoms with Gasteiger partial charge < -0.3 is 20.0 Å². The summed E-state index contributed by atoms with van der Waals surface area (Å²) in [6.07, 6.45) is 1.92. The molecule has 2 N–H and O–H groups in total. The average Bonchev–Trinajstić information content (AvgIpc) is 3.14. The van der Waals surface area contributed by atoms with E-state index in [-0.39, 0.29) is 6.10 Å². The van der Waals surface area contributed by atoms with Crippen molar-refractivity contribution in [3.63, 3.8) is 0 Å². The zero-order valence-electron chi connectivity index (χ0n) is 13.9. The standard InChI is InChI=1S/C20H17N3O3/c21-19-11-10-17(13-22-19)25-20-12-18(26-23-20)14-6-8-16(9-7-14)24-15-4-2-1-3-5-15/h1-11,13,18H,12H2,(H2,21,22)/t18-/m0/s1. The molecule has 1 atom stereocenters. The van der Waals surface area contributed by atoms with Crippen molar-refractivity contribution in [2.75, 3.05) is 5.73 Å². The summed E-state index contributed by atoms with van der Waals surface area (Å²) in [7, 11) is 0. The van der Waals surface area contributed by atoms with Crippen molar-refractivity contribution in [2.24, 2.45) is 5.16 Å². The van der Waals surface area contributed by atoms with Crippen molar-refractivity contribution < 1.29 is 14.3 Å². The van der Waals surface area contributed by atoms with Crippen LogP contribution >= 0.6 is 0 Å². The highest BCUT2D eigenvalue weighted by Gasteiger charge is 2.24. The topological polar surface area (TPSA) is 79.0 Å². The molecule has 0 radical (unpaired) electrons. The Morgan fingerprint density at radius 2 is 1.58 bits per heavy atom. The van der Waals surface area contributed by atoms with E-state index in [1.54, 1.807) is 18.3 Å². The molecule has 0 bridgehead atoms. The van der Waals surface area contributed by atoms with Gasteiger partial charge in [-0.3, -0.25) is 0 Å². The minimum Gasteiger partial charge on any atom is -0.457 e. The Hall–Kier alpha value is -3.54. The number of rotatable bonds is 4. The van der Waals surface area contributed by atoms with Crippen LogP contribution in [0, 0.1) is 0 Å². The largest absolute Gasteiger partial charge is 0.457 e. The summed E-state index contributed by atoms with van der Waals surface area (Å²) in [5.74, 6) is 3.09. The molecule has 6 heteroatoms. The van der Waals surface area contributed by atoms with Crippen molar-refractivity contribution in [2.45, 2.75) is 12.5 Å². The molecule has 26 heavy (non-hydrogen) atoms. The van der Waals surface area contributed by atoms with Gasteiger partial charge in [0.15, 0.2) is 6.10 Å². The van der Waals surface area contributed by atoms with Gasteiger partial charge in [0.25, 0.3) is 0 Å². The van der Waals surface area contributed by atoms with Gasteiger partial charge in [0.2, 0.25) is 5.90 Å². The van der Waals surface area contributed by atoms with Gasteiger partial charge in [-0.05, 0) is 42.0 Å². The fraction of sp³-hybridized carbons (Fsp3) is 0.100. The highest BCUT2D eigenvalue weighted by Crippen LogP contribution is 2.30. The highest BCUT2D eigenvalue weighted by molar-refractivity contribution is 5.79. The van der Waals surface area contributed by atoms with Crippen molar-refractivity contribution in [3.8, 4) is 17.2 Å². The number of nitrogens with zero attached hydrogens (tertiary/aromatic N) is 2. The first-order chi connectivity index (χ1) is 12.8.